The first-order valence-electron chi connectivity index (χ1n) is 19.0. The largest absolute Gasteiger partial charge is 0.461 e. The Hall–Kier alpha value is -2.75. The van der Waals surface area contributed by atoms with E-state index in [1.807, 2.05) is 20.8 Å². The second-order valence-corrected chi connectivity index (χ2v) is 18.4. The van der Waals surface area contributed by atoms with E-state index in [0.717, 1.165) is 31.3 Å². The number of aliphatic hydroxyl groups is 2. The number of nitrogens with zero attached hydrogens (tertiary/aromatic N) is 1. The molecule has 8 aliphatic rings. The molecule has 9 nitrogen and oxygen atoms in total. The Balaban J connectivity index is 1.19. The molecule has 0 radical (unpaired) electrons. The summed E-state index contributed by atoms with van der Waals surface area (Å²) >= 11 is 0. The number of methoxy groups -OCH3 is 1. The van der Waals surface area contributed by atoms with Gasteiger partial charge in [-0.25, -0.2) is 0 Å². The number of carbonyl (C=O) groups excluding carboxylic acids is 3. The van der Waals surface area contributed by atoms with Crippen LogP contribution < -0.4 is 0 Å². The van der Waals surface area contributed by atoms with Gasteiger partial charge in [0.1, 0.15) is 0 Å². The van der Waals surface area contributed by atoms with Crippen molar-refractivity contribution in [3.8, 4) is 0 Å². The Bertz CT molecular complexity index is 1680. The normalized spacial score (nSPS) is 46.2. The van der Waals surface area contributed by atoms with Gasteiger partial charge in [-0.1, -0.05) is 45.9 Å². The van der Waals surface area contributed by atoms with Crippen molar-refractivity contribution >= 4 is 17.7 Å². The van der Waals surface area contributed by atoms with Gasteiger partial charge >= 0.3 is 5.97 Å². The van der Waals surface area contributed by atoms with Gasteiger partial charge in [-0.05, 0) is 101 Å². The molecule has 1 saturated heterocycles. The van der Waals surface area contributed by atoms with E-state index in [2.05, 4.69) is 32.1 Å². The monoisotopic (exact) mass is 689 g/mol. The first-order chi connectivity index (χ1) is 23.5. The lowest BCUT2D eigenvalue weighted by atomic mass is 9.32. The molecule has 272 valence electrons. The minimum atomic E-state index is -1.28. The molecular formula is C41H55NO8. The molecule has 5 fully saturated rings. The number of allylic oxidation sites excluding steroid dienone is 4. The number of rotatable bonds is 9. The second-order valence-electron chi connectivity index (χ2n) is 18.4. The van der Waals surface area contributed by atoms with Crippen molar-refractivity contribution in [2.45, 2.75) is 116 Å². The number of fused-ring (bicyclic) bond motifs is 3. The van der Waals surface area contributed by atoms with Gasteiger partial charge in [-0.15, -0.1) is 0 Å². The van der Waals surface area contributed by atoms with Crippen molar-refractivity contribution in [2.75, 3.05) is 26.8 Å². The van der Waals surface area contributed by atoms with E-state index < -0.39 is 44.4 Å². The highest BCUT2D eigenvalue weighted by Crippen LogP contribution is 2.78. The fraction of sp³-hybridized carbons (Fsp3) is 0.732. The fourth-order valence-electron chi connectivity index (χ4n) is 13.1. The predicted molar refractivity (Wildman–Crippen MR) is 185 cm³/mol. The highest BCUT2D eigenvalue weighted by atomic mass is 16.6. The molecule has 50 heavy (non-hydrogen) atoms. The van der Waals surface area contributed by atoms with Crippen LogP contribution in [0.25, 0.3) is 0 Å². The van der Waals surface area contributed by atoms with E-state index >= 15 is 0 Å². The number of amides is 1. The average Bonchev–Trinajstić information content (AvgIpc) is 3.79. The van der Waals surface area contributed by atoms with Gasteiger partial charge in [0.05, 0.1) is 29.9 Å². The molecule has 10 atom stereocenters. The van der Waals surface area contributed by atoms with Crippen molar-refractivity contribution in [3.05, 3.63) is 48.0 Å². The molecule has 1 aromatic heterocycles. The third-order valence-corrected chi connectivity index (χ3v) is 16.6. The number of hydrogen-bond donors (Lipinski definition) is 2. The molecule has 1 aliphatic heterocycles. The number of ether oxygens (including phenoxy) is 2. The Morgan fingerprint density at radius 2 is 1.70 bits per heavy atom. The molecule has 2 N–H and O–H groups in total. The van der Waals surface area contributed by atoms with E-state index in [-0.39, 0.29) is 41.5 Å². The van der Waals surface area contributed by atoms with Crippen molar-refractivity contribution in [3.63, 3.8) is 0 Å². The summed E-state index contributed by atoms with van der Waals surface area (Å²) in [6, 6.07) is 3.48. The fourth-order valence-corrected chi connectivity index (χ4v) is 13.1. The molecule has 4 bridgehead atoms. The van der Waals surface area contributed by atoms with Crippen LogP contribution in [0.5, 0.6) is 0 Å². The minimum Gasteiger partial charge on any atom is -0.461 e. The van der Waals surface area contributed by atoms with Gasteiger partial charge in [0.25, 0.3) is 5.91 Å². The lowest BCUT2D eigenvalue weighted by Gasteiger charge is -2.71. The quantitative estimate of drug-likeness (QED) is 0.139. The van der Waals surface area contributed by atoms with Crippen LogP contribution in [0.1, 0.15) is 109 Å². The molecular weight excluding hydrogens is 634 g/mol. The minimum absolute atomic E-state index is 0.0632. The van der Waals surface area contributed by atoms with Crippen LogP contribution in [0.15, 0.2) is 46.6 Å². The summed E-state index contributed by atoms with van der Waals surface area (Å²) in [6.45, 7) is 11.4. The van der Waals surface area contributed by atoms with Crippen LogP contribution in [0.3, 0.4) is 0 Å². The summed E-state index contributed by atoms with van der Waals surface area (Å²) in [7, 11) is 1.64. The lowest BCUT2D eigenvalue weighted by molar-refractivity contribution is -0.187. The van der Waals surface area contributed by atoms with E-state index in [1.54, 1.807) is 24.1 Å². The molecule has 0 aromatic carbocycles. The molecule has 1 amide bonds. The van der Waals surface area contributed by atoms with Crippen LogP contribution in [-0.2, 0) is 19.1 Å². The van der Waals surface area contributed by atoms with E-state index in [4.69, 9.17) is 13.9 Å². The first kappa shape index (κ1) is 34.3. The van der Waals surface area contributed by atoms with Crippen molar-refractivity contribution in [2.24, 2.45) is 44.3 Å². The van der Waals surface area contributed by atoms with Gasteiger partial charge in [0.15, 0.2) is 11.4 Å². The van der Waals surface area contributed by atoms with Crippen LogP contribution in [0.4, 0.5) is 0 Å². The summed E-state index contributed by atoms with van der Waals surface area (Å²) in [5, 5.41) is 24.1. The Morgan fingerprint density at radius 3 is 2.36 bits per heavy atom. The summed E-state index contributed by atoms with van der Waals surface area (Å²) in [5.74, 6) is -0.249. The number of carbonyl (C=O) groups is 3. The third kappa shape index (κ3) is 3.87. The second kappa shape index (κ2) is 10.7. The molecule has 2 spiro atoms. The SMILES string of the molecule is COCCCN(C[C@]1(O)CC[C@H]2[C@]34C=C[C@@]5(C=C3C(=O)c3ccco3)CC(O)CC[C@]5(C)[C@H]4CC[C@@]21C)C(=O)[C@@]12CC[C@@](C)(C(=O)O1)C2(C)C. The first-order valence-corrected chi connectivity index (χ1v) is 19.0. The standard InChI is InChI=1S/C41H55NO8/c1-34(2)37(5)16-19-41(34,50-33(37)46)32(45)42(20-8-21-48-6)25-39(47)15-12-30-36(39,4)14-11-29-35(3)13-10-26(43)23-38(35)17-18-40(29,30)27(24-38)31(44)28-9-7-22-49-28/h7,9,17-18,22,24,26,29-30,43,47H,8,10-16,19-21,23,25H2,1-6H3/t26?,29-,30-,35-,36+,37+,38+,39-,40-,41-/m1/s1. The number of hydrogen-bond acceptors (Lipinski definition) is 8. The summed E-state index contributed by atoms with van der Waals surface area (Å²) in [4.78, 5) is 44.4. The summed E-state index contributed by atoms with van der Waals surface area (Å²) in [5.41, 5.74) is -5.04. The maximum Gasteiger partial charge on any atom is 0.313 e. The topological polar surface area (TPSA) is 127 Å². The van der Waals surface area contributed by atoms with Gasteiger partial charge in [0.2, 0.25) is 5.78 Å². The Morgan fingerprint density at radius 1 is 0.980 bits per heavy atom. The van der Waals surface area contributed by atoms with Gasteiger partial charge in [0, 0.05) is 47.5 Å². The average molecular weight is 690 g/mol. The molecule has 1 unspecified atom stereocenters. The maximum absolute atomic E-state index is 14.9. The van der Waals surface area contributed by atoms with E-state index in [1.165, 1.54) is 6.26 Å². The zero-order chi connectivity index (χ0) is 35.8. The van der Waals surface area contributed by atoms with E-state index in [0.29, 0.717) is 57.4 Å². The molecule has 7 aliphatic carbocycles. The van der Waals surface area contributed by atoms with Crippen molar-refractivity contribution in [1.82, 2.24) is 4.90 Å². The summed E-state index contributed by atoms with van der Waals surface area (Å²) in [6.07, 6.45) is 14.5. The molecule has 9 heteroatoms. The number of aliphatic hydroxyl groups excluding tert-OH is 1. The van der Waals surface area contributed by atoms with Gasteiger partial charge in [-0.3, -0.25) is 14.4 Å². The number of ketones is 1. The van der Waals surface area contributed by atoms with Gasteiger partial charge in [-0.2, -0.15) is 0 Å². The zero-order valence-electron chi connectivity index (χ0n) is 30.7. The number of Topliss-reactive ketones (excluding diaryl/α,β-unsaturated/α-hetero) is 1. The Kier molecular flexibility index (Phi) is 7.32. The van der Waals surface area contributed by atoms with Crippen LogP contribution >= 0.6 is 0 Å². The maximum atomic E-state index is 14.9. The van der Waals surface area contributed by atoms with Gasteiger partial charge < -0.3 is 29.0 Å². The Labute approximate surface area is 295 Å². The number of furan rings is 1. The number of esters is 1. The smallest absolute Gasteiger partial charge is 0.313 e. The van der Waals surface area contributed by atoms with Crippen molar-refractivity contribution < 1.29 is 38.5 Å². The molecule has 9 rings (SSSR count). The highest BCUT2D eigenvalue weighted by Gasteiger charge is 2.78. The van der Waals surface area contributed by atoms with Crippen LogP contribution in [0, 0.1) is 44.3 Å². The van der Waals surface area contributed by atoms with Crippen LogP contribution in [-0.4, -0.2) is 76.9 Å². The lowest BCUT2D eigenvalue weighted by Crippen LogP contribution is -2.68. The summed E-state index contributed by atoms with van der Waals surface area (Å²) < 4.78 is 17.2. The third-order valence-electron chi connectivity index (χ3n) is 16.6. The molecule has 2 heterocycles. The highest BCUT2D eigenvalue weighted by molar-refractivity contribution is 6.08. The molecule has 4 saturated carbocycles. The van der Waals surface area contributed by atoms with Crippen molar-refractivity contribution in [1.29, 1.82) is 0 Å². The molecule has 1 aromatic rings. The van der Waals surface area contributed by atoms with Crippen LogP contribution in [0.2, 0.25) is 0 Å². The zero-order valence-corrected chi connectivity index (χ0v) is 30.7. The predicted octanol–water partition coefficient (Wildman–Crippen LogP) is 6.04. The van der Waals surface area contributed by atoms with E-state index in [9.17, 15) is 24.6 Å².